The van der Waals surface area contributed by atoms with Crippen molar-refractivity contribution in [3.8, 4) is 0 Å². The third-order valence-corrected chi connectivity index (χ3v) is 12.0. The normalized spacial score (nSPS) is 14.0. The van der Waals surface area contributed by atoms with Crippen LogP contribution >= 0.6 is 7.80 Å². The summed E-state index contributed by atoms with van der Waals surface area (Å²) in [5, 5.41) is 10.8. The van der Waals surface area contributed by atoms with Crippen molar-refractivity contribution >= 4 is 13.7 Å². The second-order valence-corrected chi connectivity index (χ2v) is 17.4. The molecule has 5 nitrogen and oxygen atoms in total. The van der Waals surface area contributed by atoms with Crippen LogP contribution in [0.3, 0.4) is 0 Å². The maximum Gasteiger partial charge on any atom is 0.371 e. The number of hydrogen-bond acceptors (Lipinski definition) is 4. The van der Waals surface area contributed by atoms with Gasteiger partial charge in [-0.15, -0.1) is 0 Å². The van der Waals surface area contributed by atoms with Crippen molar-refractivity contribution in [2.75, 3.05) is 39.9 Å². The average Bonchev–Trinajstić information content (AvgIpc) is 3.07. The summed E-state index contributed by atoms with van der Waals surface area (Å²) in [5.74, 6) is 0.151. The van der Waals surface area contributed by atoms with Crippen LogP contribution in [0, 0.1) is 11.8 Å². The minimum atomic E-state index is -1.69. The highest BCUT2D eigenvalue weighted by atomic mass is 31.1. The molecule has 0 bridgehead atoms. The van der Waals surface area contributed by atoms with Crippen LogP contribution in [0.15, 0.2) is 0 Å². The Morgan fingerprint density at radius 2 is 0.917 bits per heavy atom. The quantitative estimate of drug-likeness (QED) is 0.0518. The van der Waals surface area contributed by atoms with E-state index >= 15 is 0 Å². The summed E-state index contributed by atoms with van der Waals surface area (Å²) >= 11 is 0. The molecule has 0 aliphatic rings. The molecule has 0 spiro atoms. The zero-order valence-electron chi connectivity index (χ0n) is 33.5. The van der Waals surface area contributed by atoms with Crippen LogP contribution in [0.25, 0.3) is 0 Å². The van der Waals surface area contributed by atoms with Gasteiger partial charge in [-0.05, 0) is 39.3 Å². The van der Waals surface area contributed by atoms with Gasteiger partial charge in [-0.25, -0.2) is 0 Å². The smallest absolute Gasteiger partial charge is 0.351 e. The molecule has 0 rings (SSSR count). The summed E-state index contributed by atoms with van der Waals surface area (Å²) < 4.78 is 12.8. The molecule has 0 aromatic carbocycles. The summed E-state index contributed by atoms with van der Waals surface area (Å²) in [5.41, 5.74) is 0. The molecule has 1 amide bonds. The molecule has 4 atom stereocenters. The molecule has 0 heterocycles. The number of carbonyl (C=O) groups is 1. The maximum atomic E-state index is 14.3. The Hall–Kier alpha value is -0.510. The number of amides is 1. The van der Waals surface area contributed by atoms with Crippen LogP contribution in [0.2, 0.25) is 0 Å². The lowest BCUT2D eigenvalue weighted by Gasteiger charge is -2.29. The largest absolute Gasteiger partial charge is 0.371 e. The molecule has 4 unspecified atom stereocenters. The van der Waals surface area contributed by atoms with Gasteiger partial charge >= 0.3 is 7.80 Å². The second-order valence-electron chi connectivity index (χ2n) is 15.6. The van der Waals surface area contributed by atoms with E-state index in [-0.39, 0.29) is 5.92 Å². The third-order valence-electron chi connectivity index (χ3n) is 10.4. The summed E-state index contributed by atoms with van der Waals surface area (Å²) in [6.45, 7) is 11.2. The molecule has 0 saturated carbocycles. The Labute approximate surface area is 302 Å². The van der Waals surface area contributed by atoms with Gasteiger partial charge in [0.25, 0.3) is 5.85 Å². The Kier molecular flexibility index (Phi) is 34.5. The number of nitrogens with zero attached hydrogens (tertiary/aromatic N) is 2. The predicted molar refractivity (Wildman–Crippen MR) is 213 cm³/mol. The molecular weight excluding hydrogens is 611 g/mol. The van der Waals surface area contributed by atoms with E-state index in [0.29, 0.717) is 37.5 Å². The van der Waals surface area contributed by atoms with Gasteiger partial charge < -0.3 is 14.9 Å². The van der Waals surface area contributed by atoms with E-state index in [1.807, 2.05) is 19.0 Å². The Morgan fingerprint density at radius 1 is 0.542 bits per heavy atom. The van der Waals surface area contributed by atoms with Gasteiger partial charge in [0.15, 0.2) is 6.16 Å². The highest BCUT2D eigenvalue weighted by Gasteiger charge is 2.30. The number of unbranched alkanes of at least 4 members (excludes halogenated alkanes) is 20. The highest BCUT2D eigenvalue weighted by Crippen LogP contribution is 2.29. The first-order chi connectivity index (χ1) is 23.3. The number of rotatable bonds is 37. The average molecular weight is 698 g/mol. The van der Waals surface area contributed by atoms with E-state index in [4.69, 9.17) is 0 Å². The molecule has 0 fully saturated rings. The first kappa shape index (κ1) is 47.5. The van der Waals surface area contributed by atoms with Crippen molar-refractivity contribution in [1.82, 2.24) is 9.80 Å². The topological polar surface area (TPSA) is 60.9 Å². The van der Waals surface area contributed by atoms with E-state index in [0.717, 1.165) is 38.6 Å². The van der Waals surface area contributed by atoms with Gasteiger partial charge in [-0.3, -0.25) is 4.79 Å². The molecule has 286 valence electrons. The molecule has 0 aromatic heterocycles. The lowest BCUT2D eigenvalue weighted by Crippen LogP contribution is -2.39. The van der Waals surface area contributed by atoms with Crippen LogP contribution in [0.1, 0.15) is 207 Å². The van der Waals surface area contributed by atoms with E-state index in [1.165, 1.54) is 141 Å². The lowest BCUT2D eigenvalue weighted by atomic mass is 9.92. The minimum absolute atomic E-state index is 0.0864. The maximum absolute atomic E-state index is 14.3. The molecule has 48 heavy (non-hydrogen) atoms. The Balaban J connectivity index is 5.22. The monoisotopic (exact) mass is 698 g/mol. The summed E-state index contributed by atoms with van der Waals surface area (Å²) in [6.07, 6.45) is 35.2. The zero-order valence-corrected chi connectivity index (χ0v) is 34.4. The van der Waals surface area contributed by atoms with E-state index < -0.39 is 13.6 Å². The standard InChI is InChI=1S/C42H86N2O3P/c1-7-10-13-16-19-20-21-23-26-29-32-40(31-28-25-18-15-12-9-3)42(46)44(36-34-41(45)48(47)38-37-43(5)6)35-33-39(4)30-27-24-22-17-14-11-8-2/h39-41,45H,7-38H2,1-6H3/q+1. The molecule has 0 saturated heterocycles. The van der Waals surface area contributed by atoms with Crippen molar-refractivity contribution in [1.29, 1.82) is 0 Å². The number of aliphatic hydroxyl groups is 1. The van der Waals surface area contributed by atoms with Gasteiger partial charge in [0.2, 0.25) is 5.91 Å². The highest BCUT2D eigenvalue weighted by molar-refractivity contribution is 7.45. The van der Waals surface area contributed by atoms with E-state index in [2.05, 4.69) is 32.6 Å². The van der Waals surface area contributed by atoms with Gasteiger partial charge in [0.1, 0.15) is 0 Å². The molecule has 0 aliphatic heterocycles. The van der Waals surface area contributed by atoms with Crippen LogP contribution < -0.4 is 0 Å². The van der Waals surface area contributed by atoms with Crippen molar-refractivity contribution < 1.29 is 14.5 Å². The lowest BCUT2D eigenvalue weighted by molar-refractivity contribution is -0.136. The minimum Gasteiger partial charge on any atom is -0.351 e. The van der Waals surface area contributed by atoms with Gasteiger partial charge in [0.05, 0.1) is 0 Å². The van der Waals surface area contributed by atoms with Gasteiger partial charge in [-0.1, -0.05) is 186 Å². The number of carbonyl (C=O) groups excluding carboxylic acids is 1. The third kappa shape index (κ3) is 29.2. The van der Waals surface area contributed by atoms with Crippen molar-refractivity contribution in [3.63, 3.8) is 0 Å². The fourth-order valence-electron chi connectivity index (χ4n) is 6.86. The first-order valence-electron chi connectivity index (χ1n) is 21.3. The van der Waals surface area contributed by atoms with Crippen LogP contribution in [-0.4, -0.2) is 66.6 Å². The van der Waals surface area contributed by atoms with Crippen molar-refractivity contribution in [3.05, 3.63) is 0 Å². The number of hydrogen-bond donors (Lipinski definition) is 1. The van der Waals surface area contributed by atoms with Crippen molar-refractivity contribution in [2.24, 2.45) is 11.8 Å². The zero-order chi connectivity index (χ0) is 35.7. The summed E-state index contributed by atoms with van der Waals surface area (Å²) in [6, 6.07) is 0. The molecule has 0 aromatic rings. The molecule has 0 aliphatic carbocycles. The molecule has 6 heteroatoms. The van der Waals surface area contributed by atoms with Gasteiger partial charge in [-0.2, -0.15) is 0 Å². The fourth-order valence-corrected chi connectivity index (χ4v) is 8.16. The predicted octanol–water partition coefficient (Wildman–Crippen LogP) is 12.8. The molecular formula is C42H86N2O3P+. The fraction of sp³-hybridized carbons (Fsp3) is 0.976. The SMILES string of the molecule is CCCCCCCCCCCCC(CCCCCCCC)C(=O)N(CCC(C)CCCCCCCCC)CCC(O)[P+](=O)CCN(C)C. The Morgan fingerprint density at radius 3 is 1.33 bits per heavy atom. The van der Waals surface area contributed by atoms with Crippen molar-refractivity contribution in [2.45, 2.75) is 213 Å². The first-order valence-corrected chi connectivity index (χ1v) is 22.8. The van der Waals surface area contributed by atoms with Gasteiger partial charge in [0, 0.05) is 32.0 Å². The van der Waals surface area contributed by atoms with Crippen LogP contribution in [-0.2, 0) is 9.36 Å². The van der Waals surface area contributed by atoms with Crippen LogP contribution in [0.4, 0.5) is 0 Å². The number of aliphatic hydroxyl groups excluding tert-OH is 1. The van der Waals surface area contributed by atoms with E-state index in [1.54, 1.807) is 0 Å². The summed E-state index contributed by atoms with van der Waals surface area (Å²) in [4.78, 5) is 18.4. The second kappa shape index (κ2) is 34.9. The summed E-state index contributed by atoms with van der Waals surface area (Å²) in [7, 11) is 2.26. The van der Waals surface area contributed by atoms with E-state index in [9.17, 15) is 14.5 Å². The Bertz CT molecular complexity index is 719. The van der Waals surface area contributed by atoms with Crippen LogP contribution in [0.5, 0.6) is 0 Å². The molecule has 0 radical (unpaired) electrons. The molecule has 1 N–H and O–H groups in total.